The Balaban J connectivity index is 2.71. The molecule has 0 radical (unpaired) electrons. The van der Waals surface area contributed by atoms with Gasteiger partial charge in [0.1, 0.15) is 0 Å². The smallest absolute Gasteiger partial charge is 0.251 e. The average Bonchev–Trinajstić information content (AvgIpc) is 2.36. The summed E-state index contributed by atoms with van der Waals surface area (Å²) in [4.78, 5) is 11.7. The van der Waals surface area contributed by atoms with Crippen molar-refractivity contribution < 1.29 is 19.0 Å². The highest BCUT2D eigenvalue weighted by Crippen LogP contribution is 2.17. The van der Waals surface area contributed by atoms with Crippen LogP contribution in [0.4, 0.5) is 4.39 Å². The van der Waals surface area contributed by atoms with Gasteiger partial charge in [-0.1, -0.05) is 6.92 Å². The van der Waals surface area contributed by atoms with E-state index >= 15 is 0 Å². The average molecular weight is 255 g/mol. The zero-order valence-corrected chi connectivity index (χ0v) is 10.8. The van der Waals surface area contributed by atoms with Gasteiger partial charge in [-0.3, -0.25) is 4.79 Å². The molecule has 0 aliphatic rings. The number of benzene rings is 1. The predicted molar refractivity (Wildman–Crippen MR) is 66.2 cm³/mol. The molecule has 0 bridgehead atoms. The fourth-order valence-corrected chi connectivity index (χ4v) is 1.31. The van der Waals surface area contributed by atoms with Gasteiger partial charge in [-0.25, -0.2) is 4.39 Å². The summed E-state index contributed by atoms with van der Waals surface area (Å²) in [6.07, 6.45) is 0.518. The van der Waals surface area contributed by atoms with Gasteiger partial charge in [0.2, 0.25) is 0 Å². The van der Waals surface area contributed by atoms with Crippen LogP contribution >= 0.6 is 0 Å². The summed E-state index contributed by atoms with van der Waals surface area (Å²) < 4.78 is 18.2. The summed E-state index contributed by atoms with van der Waals surface area (Å²) in [7, 11) is 1.36. The van der Waals surface area contributed by atoms with Crippen LogP contribution in [0.25, 0.3) is 0 Å². The third kappa shape index (κ3) is 3.70. The Morgan fingerprint density at radius 2 is 2.22 bits per heavy atom. The lowest BCUT2D eigenvalue weighted by atomic mass is 10.0. The van der Waals surface area contributed by atoms with E-state index in [4.69, 9.17) is 4.74 Å². The maximum absolute atomic E-state index is 13.4. The van der Waals surface area contributed by atoms with Crippen LogP contribution < -0.4 is 10.1 Å². The van der Waals surface area contributed by atoms with Crippen molar-refractivity contribution >= 4 is 5.91 Å². The molecule has 1 unspecified atom stereocenters. The summed E-state index contributed by atoms with van der Waals surface area (Å²) in [5.41, 5.74) is -0.763. The largest absolute Gasteiger partial charge is 0.494 e. The molecule has 0 aromatic heterocycles. The number of aliphatic hydroxyl groups is 1. The number of hydrogen-bond donors (Lipinski definition) is 2. The van der Waals surface area contributed by atoms with Gasteiger partial charge in [0, 0.05) is 12.1 Å². The van der Waals surface area contributed by atoms with Crippen molar-refractivity contribution in [2.45, 2.75) is 25.9 Å². The third-order valence-electron chi connectivity index (χ3n) is 2.81. The van der Waals surface area contributed by atoms with Gasteiger partial charge in [0.05, 0.1) is 12.7 Å². The van der Waals surface area contributed by atoms with Crippen LogP contribution in [0.2, 0.25) is 0 Å². The van der Waals surface area contributed by atoms with Crippen molar-refractivity contribution in [1.29, 1.82) is 0 Å². The minimum atomic E-state index is -0.958. The second-order valence-electron chi connectivity index (χ2n) is 4.38. The Labute approximate surface area is 106 Å². The zero-order chi connectivity index (χ0) is 13.8. The number of carbonyl (C=O) groups is 1. The molecule has 0 fully saturated rings. The van der Waals surface area contributed by atoms with Crippen LogP contribution in [-0.4, -0.2) is 30.3 Å². The molecule has 0 aliphatic heterocycles. The number of carbonyl (C=O) groups excluding carboxylic acids is 1. The number of amides is 1. The van der Waals surface area contributed by atoms with Crippen molar-refractivity contribution in [2.75, 3.05) is 13.7 Å². The second kappa shape index (κ2) is 5.82. The van der Waals surface area contributed by atoms with Crippen molar-refractivity contribution in [3.05, 3.63) is 29.6 Å². The molecule has 18 heavy (non-hydrogen) atoms. The first-order valence-electron chi connectivity index (χ1n) is 5.73. The van der Waals surface area contributed by atoms with E-state index in [1.807, 2.05) is 6.92 Å². The molecule has 100 valence electrons. The van der Waals surface area contributed by atoms with Gasteiger partial charge in [-0.2, -0.15) is 0 Å². The van der Waals surface area contributed by atoms with E-state index in [2.05, 4.69) is 5.32 Å². The van der Waals surface area contributed by atoms with Gasteiger partial charge < -0.3 is 15.2 Å². The molecular formula is C13H18FNO3. The van der Waals surface area contributed by atoms with Crippen LogP contribution in [0.5, 0.6) is 5.75 Å². The zero-order valence-electron chi connectivity index (χ0n) is 10.8. The number of methoxy groups -OCH3 is 1. The lowest BCUT2D eigenvalue weighted by Crippen LogP contribution is -2.40. The third-order valence-corrected chi connectivity index (χ3v) is 2.81. The molecule has 1 amide bonds. The highest BCUT2D eigenvalue weighted by Gasteiger charge is 2.19. The Hall–Kier alpha value is -1.62. The molecule has 0 aliphatic carbocycles. The van der Waals surface area contributed by atoms with Crippen LogP contribution in [0.3, 0.4) is 0 Å². The summed E-state index contributed by atoms with van der Waals surface area (Å²) in [5, 5.41) is 12.3. The summed E-state index contributed by atoms with van der Waals surface area (Å²) >= 11 is 0. The van der Waals surface area contributed by atoms with Gasteiger partial charge >= 0.3 is 0 Å². The minimum Gasteiger partial charge on any atom is -0.494 e. The van der Waals surface area contributed by atoms with Crippen LogP contribution in [0.15, 0.2) is 18.2 Å². The number of halogens is 1. The van der Waals surface area contributed by atoms with Crippen LogP contribution in [0, 0.1) is 5.82 Å². The van der Waals surface area contributed by atoms with Gasteiger partial charge in [0.15, 0.2) is 11.6 Å². The molecule has 0 heterocycles. The molecule has 5 heteroatoms. The van der Waals surface area contributed by atoms with Gasteiger partial charge in [0.25, 0.3) is 5.91 Å². The first-order valence-corrected chi connectivity index (χ1v) is 5.73. The molecule has 0 spiro atoms. The Bertz CT molecular complexity index is 432. The molecule has 1 aromatic carbocycles. The standard InChI is InChI=1S/C13H18FNO3/c1-4-13(2,17)8-15-12(16)9-5-6-11(18-3)10(14)7-9/h5-7,17H,4,8H2,1-3H3,(H,15,16). The van der Waals surface area contributed by atoms with Crippen molar-refractivity contribution in [2.24, 2.45) is 0 Å². The number of rotatable bonds is 5. The Kier molecular flexibility index (Phi) is 4.67. The van der Waals surface area contributed by atoms with Crippen molar-refractivity contribution in [3.63, 3.8) is 0 Å². The molecule has 1 rings (SSSR count). The molecule has 0 saturated carbocycles. The normalized spacial score (nSPS) is 13.8. The highest BCUT2D eigenvalue weighted by atomic mass is 19.1. The maximum atomic E-state index is 13.4. The molecule has 2 N–H and O–H groups in total. The fourth-order valence-electron chi connectivity index (χ4n) is 1.31. The monoisotopic (exact) mass is 255 g/mol. The van der Waals surface area contributed by atoms with E-state index in [1.165, 1.54) is 19.2 Å². The lowest BCUT2D eigenvalue weighted by Gasteiger charge is -2.21. The molecule has 0 saturated heterocycles. The topological polar surface area (TPSA) is 58.6 Å². The predicted octanol–water partition coefficient (Wildman–Crippen LogP) is 1.73. The lowest BCUT2D eigenvalue weighted by molar-refractivity contribution is 0.0518. The van der Waals surface area contributed by atoms with E-state index in [0.29, 0.717) is 6.42 Å². The number of nitrogens with one attached hydrogen (secondary N) is 1. The SMILES string of the molecule is CCC(C)(O)CNC(=O)c1ccc(OC)c(F)c1. The first kappa shape index (κ1) is 14.4. The fraction of sp³-hybridized carbons (Fsp3) is 0.462. The van der Waals surface area contributed by atoms with E-state index in [1.54, 1.807) is 6.92 Å². The maximum Gasteiger partial charge on any atom is 0.251 e. The second-order valence-corrected chi connectivity index (χ2v) is 4.38. The Morgan fingerprint density at radius 1 is 1.56 bits per heavy atom. The van der Waals surface area contributed by atoms with E-state index in [0.717, 1.165) is 6.07 Å². The number of hydrogen-bond acceptors (Lipinski definition) is 3. The van der Waals surface area contributed by atoms with Crippen molar-refractivity contribution in [1.82, 2.24) is 5.32 Å². The molecular weight excluding hydrogens is 237 g/mol. The van der Waals surface area contributed by atoms with Gasteiger partial charge in [-0.05, 0) is 31.5 Å². The van der Waals surface area contributed by atoms with Crippen molar-refractivity contribution in [3.8, 4) is 5.75 Å². The Morgan fingerprint density at radius 3 is 2.72 bits per heavy atom. The summed E-state index contributed by atoms with van der Waals surface area (Å²) in [6, 6.07) is 3.97. The summed E-state index contributed by atoms with van der Waals surface area (Å²) in [6.45, 7) is 3.57. The molecule has 1 atom stereocenters. The summed E-state index contributed by atoms with van der Waals surface area (Å²) in [5.74, 6) is -0.926. The quantitative estimate of drug-likeness (QED) is 0.842. The highest BCUT2D eigenvalue weighted by molar-refractivity contribution is 5.94. The minimum absolute atomic E-state index is 0.0899. The van der Waals surface area contributed by atoms with E-state index in [9.17, 15) is 14.3 Å². The van der Waals surface area contributed by atoms with Gasteiger partial charge in [-0.15, -0.1) is 0 Å². The molecule has 4 nitrogen and oxygen atoms in total. The van der Waals surface area contributed by atoms with E-state index in [-0.39, 0.29) is 17.9 Å². The first-order chi connectivity index (χ1) is 8.39. The molecule has 1 aromatic rings. The number of ether oxygens (including phenoxy) is 1. The van der Waals surface area contributed by atoms with Crippen LogP contribution in [0.1, 0.15) is 30.6 Å². The van der Waals surface area contributed by atoms with Crippen LogP contribution in [-0.2, 0) is 0 Å². The van der Waals surface area contributed by atoms with E-state index < -0.39 is 17.3 Å².